The number of aliphatic hydroxyl groups excluding tert-OH is 1. The van der Waals surface area contributed by atoms with E-state index in [0.717, 1.165) is 22.3 Å². The molecule has 0 saturated carbocycles. The lowest BCUT2D eigenvalue weighted by Crippen LogP contribution is -2.40. The normalized spacial score (nSPS) is 28.9. The van der Waals surface area contributed by atoms with E-state index in [0.29, 0.717) is 6.42 Å². The van der Waals surface area contributed by atoms with Gasteiger partial charge in [0.1, 0.15) is 0 Å². The summed E-state index contributed by atoms with van der Waals surface area (Å²) in [7, 11) is 0. The third kappa shape index (κ3) is 2.32. The molecule has 2 aromatic rings. The summed E-state index contributed by atoms with van der Waals surface area (Å²) >= 11 is 0. The summed E-state index contributed by atoms with van der Waals surface area (Å²) in [5.41, 5.74) is 2.87. The van der Waals surface area contributed by atoms with Crippen LogP contribution in [0.15, 0.2) is 48.5 Å². The first-order chi connectivity index (χ1) is 11.9. The SMILES string of the molecule is Cc1ccc2c(c1)[C@@H]1C(=O)OC(=O)[C@@H]1C[C@@]2(C)[C@@H](O)c1ccccc1. The van der Waals surface area contributed by atoms with E-state index in [2.05, 4.69) is 0 Å². The highest BCUT2D eigenvalue weighted by Gasteiger charge is 2.55. The van der Waals surface area contributed by atoms with Crippen molar-refractivity contribution in [2.75, 3.05) is 0 Å². The Morgan fingerprint density at radius 2 is 1.84 bits per heavy atom. The first-order valence-corrected chi connectivity index (χ1v) is 8.51. The zero-order chi connectivity index (χ0) is 17.8. The molecule has 1 aliphatic carbocycles. The van der Waals surface area contributed by atoms with Crippen molar-refractivity contribution in [3.05, 3.63) is 70.8 Å². The molecule has 0 aromatic heterocycles. The van der Waals surface area contributed by atoms with E-state index in [1.165, 1.54) is 0 Å². The smallest absolute Gasteiger partial charge is 0.321 e. The molecular weight excluding hydrogens is 316 g/mol. The Morgan fingerprint density at radius 3 is 2.56 bits per heavy atom. The van der Waals surface area contributed by atoms with Gasteiger partial charge < -0.3 is 9.84 Å². The molecule has 0 unspecified atom stereocenters. The largest absolute Gasteiger partial charge is 0.392 e. The maximum absolute atomic E-state index is 12.2. The summed E-state index contributed by atoms with van der Waals surface area (Å²) < 4.78 is 4.92. The van der Waals surface area contributed by atoms with Gasteiger partial charge in [-0.05, 0) is 30.0 Å². The van der Waals surface area contributed by atoms with Crippen molar-refractivity contribution in [2.45, 2.75) is 37.7 Å². The van der Waals surface area contributed by atoms with E-state index < -0.39 is 35.3 Å². The molecule has 2 aromatic carbocycles. The van der Waals surface area contributed by atoms with Crippen LogP contribution in [0.5, 0.6) is 0 Å². The first kappa shape index (κ1) is 16.0. The van der Waals surface area contributed by atoms with Gasteiger partial charge in [-0.2, -0.15) is 0 Å². The Hall–Kier alpha value is -2.46. The fraction of sp³-hybridized carbons (Fsp3) is 0.333. The number of aryl methyl sites for hydroxylation is 1. The number of hydrogen-bond acceptors (Lipinski definition) is 4. The Labute approximate surface area is 146 Å². The number of rotatable bonds is 2. The predicted octanol–water partition coefficient (Wildman–Crippen LogP) is 3.17. The molecule has 25 heavy (non-hydrogen) atoms. The average molecular weight is 336 g/mol. The average Bonchev–Trinajstić information content (AvgIpc) is 2.88. The van der Waals surface area contributed by atoms with Gasteiger partial charge in [0.05, 0.1) is 17.9 Å². The molecule has 0 radical (unpaired) electrons. The quantitative estimate of drug-likeness (QED) is 0.676. The lowest BCUT2D eigenvalue weighted by atomic mass is 9.60. The molecule has 1 aliphatic heterocycles. The molecule has 2 aliphatic rings. The zero-order valence-electron chi connectivity index (χ0n) is 14.2. The van der Waals surface area contributed by atoms with E-state index in [4.69, 9.17) is 4.74 Å². The number of carbonyl (C=O) groups is 2. The molecular formula is C21H20O4. The van der Waals surface area contributed by atoms with Gasteiger partial charge in [-0.15, -0.1) is 0 Å². The number of esters is 2. The predicted molar refractivity (Wildman–Crippen MR) is 91.9 cm³/mol. The van der Waals surface area contributed by atoms with E-state index in [-0.39, 0.29) is 0 Å². The summed E-state index contributed by atoms with van der Waals surface area (Å²) in [6, 6.07) is 15.3. The highest BCUT2D eigenvalue weighted by Crippen LogP contribution is 2.54. The van der Waals surface area contributed by atoms with Crippen LogP contribution in [-0.4, -0.2) is 17.0 Å². The Kier molecular flexibility index (Phi) is 3.55. The minimum Gasteiger partial charge on any atom is -0.392 e. The van der Waals surface area contributed by atoms with Gasteiger partial charge in [-0.25, -0.2) is 0 Å². The number of aliphatic hydroxyl groups is 1. The number of fused-ring (bicyclic) bond motifs is 3. The third-order valence-corrected chi connectivity index (χ3v) is 5.68. The van der Waals surface area contributed by atoms with Crippen molar-refractivity contribution in [3.63, 3.8) is 0 Å². The van der Waals surface area contributed by atoms with Crippen molar-refractivity contribution in [1.82, 2.24) is 0 Å². The Balaban J connectivity index is 1.89. The number of cyclic esters (lactones) is 2. The van der Waals surface area contributed by atoms with Crippen LogP contribution in [0.2, 0.25) is 0 Å². The molecule has 0 spiro atoms. The standard InChI is InChI=1S/C21H20O4/c1-12-8-9-16-14(10-12)17-15(19(23)25-20(17)24)11-21(16,2)18(22)13-6-4-3-5-7-13/h3-10,15,17-18,22H,11H2,1-2H3/t15-,17+,18+,21-/m1/s1. The molecule has 1 N–H and O–H groups in total. The van der Waals surface area contributed by atoms with E-state index in [1.807, 2.05) is 62.4 Å². The fourth-order valence-electron chi connectivity index (χ4n) is 4.37. The summed E-state index contributed by atoms with van der Waals surface area (Å²) in [4.78, 5) is 24.5. The third-order valence-electron chi connectivity index (χ3n) is 5.68. The van der Waals surface area contributed by atoms with Crippen LogP contribution in [0.4, 0.5) is 0 Å². The monoisotopic (exact) mass is 336 g/mol. The Bertz CT molecular complexity index is 857. The highest BCUT2D eigenvalue weighted by molar-refractivity contribution is 6.00. The van der Waals surface area contributed by atoms with Crippen molar-refractivity contribution >= 4 is 11.9 Å². The Morgan fingerprint density at radius 1 is 1.12 bits per heavy atom. The molecule has 0 amide bonds. The number of benzene rings is 2. The van der Waals surface area contributed by atoms with Crippen LogP contribution < -0.4 is 0 Å². The molecule has 4 rings (SSSR count). The minimum absolute atomic E-state index is 0.383. The zero-order valence-corrected chi connectivity index (χ0v) is 14.2. The second-order valence-corrected chi connectivity index (χ2v) is 7.35. The number of carbonyl (C=O) groups excluding carboxylic acids is 2. The van der Waals surface area contributed by atoms with Gasteiger partial charge in [0.25, 0.3) is 0 Å². The van der Waals surface area contributed by atoms with Gasteiger partial charge >= 0.3 is 11.9 Å². The van der Waals surface area contributed by atoms with Crippen LogP contribution in [0.3, 0.4) is 0 Å². The molecule has 1 heterocycles. The summed E-state index contributed by atoms with van der Waals surface area (Å²) in [6.45, 7) is 3.92. The van der Waals surface area contributed by atoms with E-state index >= 15 is 0 Å². The van der Waals surface area contributed by atoms with Crippen LogP contribution >= 0.6 is 0 Å². The topological polar surface area (TPSA) is 63.6 Å². The van der Waals surface area contributed by atoms with Crippen molar-refractivity contribution in [1.29, 1.82) is 0 Å². The maximum atomic E-state index is 12.2. The van der Waals surface area contributed by atoms with Crippen molar-refractivity contribution in [2.24, 2.45) is 5.92 Å². The van der Waals surface area contributed by atoms with Gasteiger partial charge in [0.15, 0.2) is 0 Å². The molecule has 0 bridgehead atoms. The second-order valence-electron chi connectivity index (χ2n) is 7.35. The molecule has 4 nitrogen and oxygen atoms in total. The van der Waals surface area contributed by atoms with Gasteiger partial charge in [0, 0.05) is 5.41 Å². The fourth-order valence-corrected chi connectivity index (χ4v) is 4.37. The van der Waals surface area contributed by atoms with E-state index in [9.17, 15) is 14.7 Å². The molecule has 1 fully saturated rings. The van der Waals surface area contributed by atoms with Gasteiger partial charge in [-0.1, -0.05) is 61.0 Å². The summed E-state index contributed by atoms with van der Waals surface area (Å²) in [6.07, 6.45) is -0.395. The van der Waals surface area contributed by atoms with Crippen LogP contribution in [0.25, 0.3) is 0 Å². The van der Waals surface area contributed by atoms with Crippen LogP contribution in [-0.2, 0) is 19.7 Å². The minimum atomic E-state index is -0.778. The second kappa shape index (κ2) is 5.53. The molecule has 4 heteroatoms. The van der Waals surface area contributed by atoms with Gasteiger partial charge in [0.2, 0.25) is 0 Å². The number of hydrogen-bond donors (Lipinski definition) is 1. The molecule has 4 atom stereocenters. The van der Waals surface area contributed by atoms with Gasteiger partial charge in [-0.3, -0.25) is 9.59 Å². The van der Waals surface area contributed by atoms with Crippen molar-refractivity contribution < 1.29 is 19.4 Å². The van der Waals surface area contributed by atoms with E-state index in [1.54, 1.807) is 0 Å². The number of ether oxygens (including phenoxy) is 1. The molecule has 1 saturated heterocycles. The first-order valence-electron chi connectivity index (χ1n) is 8.51. The highest BCUT2D eigenvalue weighted by atomic mass is 16.6. The lowest BCUT2D eigenvalue weighted by Gasteiger charge is -2.43. The van der Waals surface area contributed by atoms with Crippen LogP contribution in [0.1, 0.15) is 47.6 Å². The van der Waals surface area contributed by atoms with Crippen molar-refractivity contribution in [3.8, 4) is 0 Å². The summed E-state index contributed by atoms with van der Waals surface area (Å²) in [5.74, 6) is -2.05. The van der Waals surface area contributed by atoms with Crippen LogP contribution in [0, 0.1) is 12.8 Å². The molecule has 128 valence electrons. The summed E-state index contributed by atoms with van der Waals surface area (Å²) in [5, 5.41) is 11.2. The maximum Gasteiger partial charge on any atom is 0.321 e. The lowest BCUT2D eigenvalue weighted by molar-refractivity contribution is -0.153.